The molecule has 0 saturated carbocycles. The van der Waals surface area contributed by atoms with Crippen LogP contribution in [0.5, 0.6) is 0 Å². The highest BCUT2D eigenvalue weighted by Crippen LogP contribution is 2.31. The van der Waals surface area contributed by atoms with Gasteiger partial charge in [0, 0.05) is 45.4 Å². The number of rotatable bonds is 13. The molecule has 31 nitrogen and oxygen atoms in total. The molecule has 5 heterocycles. The molecule has 3 aliphatic rings. The Morgan fingerprint density at radius 3 is 1.44 bits per heavy atom. The number of carbonyl (C=O) groups excluding carboxylic acids is 9. The lowest BCUT2D eigenvalue weighted by Crippen LogP contribution is -2.62. The van der Waals surface area contributed by atoms with Crippen molar-refractivity contribution in [1.82, 2.24) is 81.1 Å². The summed E-state index contributed by atoms with van der Waals surface area (Å²) in [7, 11) is -6.69. The Morgan fingerprint density at radius 2 is 1.02 bits per heavy atom. The molecule has 0 unspecified atom stereocenters. The molecule has 0 radical (unpaired) electrons. The standard InChI is InChI=1S/C70H94N16O15S2/c1-42(71-8)61(88)76-60(70(5,6)7)68(95)84-32-28-56-59(84)67(94)75-52(36-44-24-26-46-18-12-14-20-48(46)34-44)63(90)73-30-16-22-53(64(91)79-102(9,96)97)85-38-49(77-81-85)40-100-55-27-31-83(57(87)37-69(2,3)4)58(55)66(93)74-51(35-43-23-25-45-17-11-13-19-47(45)33-43)62(89)72-29-15-21-54(65(92)80-103(10,98)99)86-39-50(41-101-56)78-82-86/h11-14,17-20,23-26,33-34,38-39,42,51-56,58-60,71H,15-16,21-22,27-32,35-37,40-41H2,1-10H3,(H,72,89)(H,73,90)(H,74,93)(H,75,94)(H,76,88)(H,79,91)(H,80,92)/t42-,51-,52-,53-,54-,55+,56+,58-,59-,60+/m0/s1. The fourth-order valence-electron chi connectivity index (χ4n) is 12.9. The van der Waals surface area contributed by atoms with E-state index in [4.69, 9.17) is 9.47 Å². The van der Waals surface area contributed by atoms with E-state index in [1.807, 2.05) is 115 Å². The quantitative estimate of drug-likeness (QED) is 0.0818. The van der Waals surface area contributed by atoms with E-state index in [-0.39, 0.29) is 114 Å². The average molecular weight is 1460 g/mol. The van der Waals surface area contributed by atoms with Crippen molar-refractivity contribution in [2.75, 3.05) is 45.7 Å². The summed E-state index contributed by atoms with van der Waals surface area (Å²) in [6, 6.07) is 16.4. The summed E-state index contributed by atoms with van der Waals surface area (Å²) < 4.78 is 69.7. The minimum atomic E-state index is -4.14. The largest absolute Gasteiger partial charge is 0.369 e. The van der Waals surface area contributed by atoms with E-state index < -0.39 is 139 Å². The van der Waals surface area contributed by atoms with Gasteiger partial charge in [-0.05, 0) is 96.0 Å². The zero-order valence-corrected chi connectivity index (χ0v) is 61.3. The van der Waals surface area contributed by atoms with Crippen LogP contribution in [0, 0.1) is 10.8 Å². The number of ether oxygens (including phenoxy) is 2. The monoisotopic (exact) mass is 1460 g/mol. The van der Waals surface area contributed by atoms with Crippen LogP contribution >= 0.6 is 0 Å². The number of likely N-dealkylation sites (tertiary alicyclic amines) is 2. The molecule has 556 valence electrons. The molecule has 103 heavy (non-hydrogen) atoms. The van der Waals surface area contributed by atoms with Gasteiger partial charge >= 0.3 is 0 Å². The predicted octanol–water partition coefficient (Wildman–Crippen LogP) is 1.92. The number of sulfonamides is 2. The molecule has 8 N–H and O–H groups in total. The molecule has 4 aromatic carbocycles. The van der Waals surface area contributed by atoms with Crippen LogP contribution in [0.2, 0.25) is 0 Å². The molecule has 0 aliphatic carbocycles. The van der Waals surface area contributed by atoms with Crippen LogP contribution in [0.25, 0.3) is 21.5 Å². The highest BCUT2D eigenvalue weighted by atomic mass is 32.2. The van der Waals surface area contributed by atoms with E-state index in [9.17, 15) is 45.6 Å². The molecule has 2 fully saturated rings. The smallest absolute Gasteiger partial charge is 0.258 e. The highest BCUT2D eigenvalue weighted by molar-refractivity contribution is 7.89. The number of benzene rings is 4. The number of fused-ring (bicyclic) bond motifs is 8. The predicted molar refractivity (Wildman–Crippen MR) is 379 cm³/mol. The molecular weight excluding hydrogens is 1370 g/mol. The van der Waals surface area contributed by atoms with Crippen LogP contribution in [0.4, 0.5) is 0 Å². The lowest BCUT2D eigenvalue weighted by molar-refractivity contribution is -0.147. The van der Waals surface area contributed by atoms with Crippen molar-refractivity contribution in [3.8, 4) is 0 Å². The Morgan fingerprint density at radius 1 is 0.592 bits per heavy atom. The van der Waals surface area contributed by atoms with Gasteiger partial charge in [0.2, 0.25) is 61.4 Å². The molecule has 9 rings (SSSR count). The van der Waals surface area contributed by atoms with E-state index >= 15 is 14.4 Å². The lowest BCUT2D eigenvalue weighted by atomic mass is 9.85. The first-order valence-electron chi connectivity index (χ1n) is 34.4. The first kappa shape index (κ1) is 77.8. The summed E-state index contributed by atoms with van der Waals surface area (Å²) in [5.74, 6) is -6.24. The Balaban J connectivity index is 1.07. The maximum Gasteiger partial charge on any atom is 0.258 e. The minimum Gasteiger partial charge on any atom is -0.369 e. The van der Waals surface area contributed by atoms with Gasteiger partial charge in [0.1, 0.15) is 53.7 Å². The van der Waals surface area contributed by atoms with Crippen molar-refractivity contribution in [3.05, 3.63) is 120 Å². The Kier molecular flexibility index (Phi) is 25.3. The molecule has 4 bridgehead atoms. The fraction of sp³-hybridized carbons (Fsp3) is 0.529. The van der Waals surface area contributed by atoms with E-state index in [1.165, 1.54) is 22.2 Å². The summed E-state index contributed by atoms with van der Waals surface area (Å²) in [5, 5.41) is 37.8. The van der Waals surface area contributed by atoms with Crippen LogP contribution in [0.1, 0.15) is 128 Å². The van der Waals surface area contributed by atoms with Crippen molar-refractivity contribution in [2.45, 2.75) is 180 Å². The topological polar surface area (TPSA) is 405 Å². The number of likely N-dealkylation sites (N-methyl/N-ethyl adjacent to an activating group) is 1. The van der Waals surface area contributed by atoms with E-state index in [2.05, 4.69) is 52.5 Å². The zero-order valence-electron chi connectivity index (χ0n) is 59.6. The molecule has 0 spiro atoms. The third-order valence-electron chi connectivity index (χ3n) is 18.2. The number of carbonyl (C=O) groups is 9. The van der Waals surface area contributed by atoms with Gasteiger partial charge in [-0.2, -0.15) is 0 Å². The molecular formula is C70H94N16O15S2. The third kappa shape index (κ3) is 21.2. The van der Waals surface area contributed by atoms with Gasteiger partial charge in [0.15, 0.2) is 0 Å². The summed E-state index contributed by atoms with van der Waals surface area (Å²) >= 11 is 0. The Hall–Kier alpha value is -9.31. The highest BCUT2D eigenvalue weighted by Gasteiger charge is 2.49. The van der Waals surface area contributed by atoms with Crippen LogP contribution in [0.15, 0.2) is 97.3 Å². The second-order valence-electron chi connectivity index (χ2n) is 29.0. The number of aromatic nitrogens is 6. The van der Waals surface area contributed by atoms with Crippen LogP contribution in [0.3, 0.4) is 0 Å². The number of amides is 9. The van der Waals surface area contributed by atoms with Crippen molar-refractivity contribution >= 4 is 94.8 Å². The van der Waals surface area contributed by atoms with Gasteiger partial charge in [-0.25, -0.2) is 26.2 Å². The summed E-state index contributed by atoms with van der Waals surface area (Å²) in [6.45, 7) is 11.6. The van der Waals surface area contributed by atoms with E-state index in [1.54, 1.807) is 34.7 Å². The van der Waals surface area contributed by atoms with Gasteiger partial charge in [-0.15, -0.1) is 10.2 Å². The molecule has 10 atom stereocenters. The molecule has 6 aromatic rings. The molecule has 3 aliphatic heterocycles. The normalized spacial score (nSPS) is 22.7. The lowest BCUT2D eigenvalue weighted by Gasteiger charge is -2.36. The van der Waals surface area contributed by atoms with Gasteiger partial charge in [0.05, 0.1) is 56.4 Å². The van der Waals surface area contributed by atoms with Gasteiger partial charge in [-0.3, -0.25) is 52.6 Å². The number of nitrogens with one attached hydrogen (secondary N) is 8. The summed E-state index contributed by atoms with van der Waals surface area (Å²) in [5.41, 5.74) is 0.154. The Bertz CT molecular complexity index is 4340. The first-order valence-corrected chi connectivity index (χ1v) is 38.2. The third-order valence-corrected chi connectivity index (χ3v) is 19.4. The zero-order chi connectivity index (χ0) is 74.7. The maximum absolute atomic E-state index is 15.4. The van der Waals surface area contributed by atoms with Gasteiger partial charge in [-0.1, -0.05) is 137 Å². The van der Waals surface area contributed by atoms with E-state index in [0.29, 0.717) is 11.1 Å². The summed E-state index contributed by atoms with van der Waals surface area (Å²) in [4.78, 5) is 134. The number of nitrogens with zero attached hydrogens (tertiary/aromatic N) is 8. The fourth-order valence-corrected chi connectivity index (χ4v) is 13.9. The van der Waals surface area contributed by atoms with Crippen LogP contribution < -0.4 is 41.3 Å². The first-order chi connectivity index (χ1) is 48.6. The van der Waals surface area contributed by atoms with Crippen molar-refractivity contribution in [1.29, 1.82) is 0 Å². The van der Waals surface area contributed by atoms with Crippen molar-refractivity contribution < 1.29 is 69.5 Å². The van der Waals surface area contributed by atoms with Gasteiger partial charge in [0.25, 0.3) is 11.8 Å². The minimum absolute atomic E-state index is 0.0216. The number of hydrogen-bond donors (Lipinski definition) is 8. The molecule has 2 saturated heterocycles. The molecule has 2 aromatic heterocycles. The molecule has 33 heteroatoms. The van der Waals surface area contributed by atoms with Crippen molar-refractivity contribution in [3.63, 3.8) is 0 Å². The summed E-state index contributed by atoms with van der Waals surface area (Å²) in [6.07, 6.45) is 2.22. The van der Waals surface area contributed by atoms with Gasteiger partial charge < -0.3 is 51.2 Å². The second-order valence-corrected chi connectivity index (χ2v) is 32.5. The maximum atomic E-state index is 15.4. The van der Waals surface area contributed by atoms with Crippen LogP contribution in [-0.4, -0.2) is 204 Å². The average Bonchev–Trinajstić information content (AvgIpc) is 1.68. The SMILES string of the molecule is CN[C@@H](C)C(=O)N[C@H](C(=O)N1CC[C@H]2OCc3cn(nn3)[C@H](C(=O)NS(C)(=O)=O)CCCNC(=O)[C@H](Cc3ccc4ccccc4c3)NC(=O)[C@@H]3[C@@H](CCN3C(=O)CC(C)(C)C)OCc3cn(nn3)[C@H](C(=O)NS(C)(=O)=O)CCCNC(=O)[C@H](Cc3ccc4ccccc4c3)NC(=O)[C@H]21)C(C)(C)C. The number of hydrogen-bond acceptors (Lipinski definition) is 20. The van der Waals surface area contributed by atoms with E-state index in [0.717, 1.165) is 43.4 Å². The Labute approximate surface area is 598 Å². The van der Waals surface area contributed by atoms with Crippen LogP contribution in [-0.2, 0) is 98.7 Å². The van der Waals surface area contributed by atoms with Crippen molar-refractivity contribution in [2.24, 2.45) is 10.8 Å². The molecule has 9 amide bonds. The second kappa shape index (κ2) is 33.4.